The standard InChI is InChI=1S/C27H35N3O2/c1-5-8-9-18-25(31)29(19-6-2)20(4)26-28-23-16-12-11-15-22(23)27(32)30(26)24-17-13-10-14-21(24)7-3/h10-17,20H,5-9,18-19H2,1-4H3/t20-/m0/s1. The molecule has 0 aliphatic rings. The summed E-state index contributed by atoms with van der Waals surface area (Å²) in [6, 6.07) is 15.1. The number of para-hydroxylation sites is 2. The highest BCUT2D eigenvalue weighted by atomic mass is 16.2. The number of benzene rings is 2. The van der Waals surface area contributed by atoms with Crippen molar-refractivity contribution in [3.63, 3.8) is 0 Å². The predicted octanol–water partition coefficient (Wildman–Crippen LogP) is 5.83. The third-order valence-corrected chi connectivity index (χ3v) is 6.04. The Morgan fingerprint density at radius 3 is 2.44 bits per heavy atom. The smallest absolute Gasteiger partial charge is 0.266 e. The van der Waals surface area contributed by atoms with Gasteiger partial charge >= 0.3 is 0 Å². The first-order chi connectivity index (χ1) is 15.5. The van der Waals surface area contributed by atoms with Crippen LogP contribution in [0.1, 0.15) is 77.2 Å². The zero-order chi connectivity index (χ0) is 23.1. The molecule has 0 saturated carbocycles. The molecule has 1 heterocycles. The van der Waals surface area contributed by atoms with Gasteiger partial charge in [-0.3, -0.25) is 14.2 Å². The second kappa shape index (κ2) is 11.1. The van der Waals surface area contributed by atoms with Gasteiger partial charge in [-0.05, 0) is 49.9 Å². The SMILES string of the molecule is CCCCCC(=O)N(CCC)[C@@H](C)c1nc2ccccc2c(=O)n1-c1ccccc1CC. The molecule has 0 N–H and O–H groups in total. The van der Waals surface area contributed by atoms with Crippen molar-refractivity contribution >= 4 is 16.8 Å². The fraction of sp³-hybridized carbons (Fsp3) is 0.444. The molecule has 1 aromatic heterocycles. The number of carbonyl (C=O) groups is 1. The van der Waals surface area contributed by atoms with Crippen molar-refractivity contribution in [2.24, 2.45) is 0 Å². The molecule has 5 heteroatoms. The van der Waals surface area contributed by atoms with Gasteiger partial charge in [-0.15, -0.1) is 0 Å². The van der Waals surface area contributed by atoms with E-state index in [1.807, 2.05) is 60.4 Å². The molecule has 1 atom stereocenters. The van der Waals surface area contributed by atoms with Crippen molar-refractivity contribution in [1.82, 2.24) is 14.5 Å². The lowest BCUT2D eigenvalue weighted by atomic mass is 10.1. The van der Waals surface area contributed by atoms with Crippen LogP contribution in [0.15, 0.2) is 53.3 Å². The Hall–Kier alpha value is -2.95. The van der Waals surface area contributed by atoms with Crippen LogP contribution in [0.25, 0.3) is 16.6 Å². The van der Waals surface area contributed by atoms with Gasteiger partial charge in [0.25, 0.3) is 5.56 Å². The fourth-order valence-corrected chi connectivity index (χ4v) is 4.28. The van der Waals surface area contributed by atoms with E-state index in [2.05, 4.69) is 20.8 Å². The lowest BCUT2D eigenvalue weighted by molar-refractivity contribution is -0.133. The molecular weight excluding hydrogens is 398 g/mol. The Balaban J connectivity index is 2.19. The van der Waals surface area contributed by atoms with Gasteiger partial charge in [-0.1, -0.05) is 63.9 Å². The number of hydrogen-bond donors (Lipinski definition) is 0. The Morgan fingerprint density at radius 1 is 1.00 bits per heavy atom. The highest BCUT2D eigenvalue weighted by Crippen LogP contribution is 2.25. The highest BCUT2D eigenvalue weighted by molar-refractivity contribution is 5.79. The lowest BCUT2D eigenvalue weighted by Crippen LogP contribution is -2.38. The molecule has 2 aromatic carbocycles. The third-order valence-electron chi connectivity index (χ3n) is 6.04. The number of aromatic nitrogens is 2. The summed E-state index contributed by atoms with van der Waals surface area (Å²) in [7, 11) is 0. The Bertz CT molecular complexity index is 1120. The van der Waals surface area contributed by atoms with E-state index in [1.165, 1.54) is 0 Å². The summed E-state index contributed by atoms with van der Waals surface area (Å²) >= 11 is 0. The van der Waals surface area contributed by atoms with Gasteiger partial charge in [0.2, 0.25) is 5.91 Å². The van der Waals surface area contributed by atoms with Crippen molar-refractivity contribution in [2.45, 2.75) is 72.3 Å². The third kappa shape index (κ3) is 4.93. The maximum absolute atomic E-state index is 13.7. The number of unbranched alkanes of at least 4 members (excludes halogenated alkanes) is 2. The number of aryl methyl sites for hydroxylation is 1. The van der Waals surface area contributed by atoms with E-state index in [4.69, 9.17) is 4.98 Å². The summed E-state index contributed by atoms with van der Waals surface area (Å²) in [5.41, 5.74) is 2.50. The van der Waals surface area contributed by atoms with Crippen LogP contribution in [0.3, 0.4) is 0 Å². The highest BCUT2D eigenvalue weighted by Gasteiger charge is 2.26. The number of rotatable bonds is 10. The van der Waals surface area contributed by atoms with E-state index in [0.717, 1.165) is 43.4 Å². The van der Waals surface area contributed by atoms with Crippen molar-refractivity contribution in [3.05, 3.63) is 70.3 Å². The van der Waals surface area contributed by atoms with Gasteiger partial charge in [0.1, 0.15) is 5.82 Å². The summed E-state index contributed by atoms with van der Waals surface area (Å²) in [4.78, 5) is 33.7. The van der Waals surface area contributed by atoms with Crippen LogP contribution in [-0.4, -0.2) is 26.9 Å². The topological polar surface area (TPSA) is 55.2 Å². The normalized spacial score (nSPS) is 12.1. The minimum absolute atomic E-state index is 0.0896. The fourth-order valence-electron chi connectivity index (χ4n) is 4.28. The maximum atomic E-state index is 13.7. The molecule has 0 radical (unpaired) electrons. The second-order valence-electron chi connectivity index (χ2n) is 8.33. The van der Waals surface area contributed by atoms with E-state index in [1.54, 1.807) is 4.57 Å². The van der Waals surface area contributed by atoms with Crippen LogP contribution in [0, 0.1) is 0 Å². The van der Waals surface area contributed by atoms with Crippen LogP contribution < -0.4 is 5.56 Å². The minimum Gasteiger partial charge on any atom is -0.333 e. The van der Waals surface area contributed by atoms with Crippen LogP contribution in [0.4, 0.5) is 0 Å². The van der Waals surface area contributed by atoms with Crippen molar-refractivity contribution < 1.29 is 4.79 Å². The van der Waals surface area contributed by atoms with E-state index in [0.29, 0.717) is 29.7 Å². The summed E-state index contributed by atoms with van der Waals surface area (Å²) in [5.74, 6) is 0.748. The molecule has 0 aliphatic heterocycles. The Labute approximate surface area is 191 Å². The molecule has 32 heavy (non-hydrogen) atoms. The van der Waals surface area contributed by atoms with E-state index in [-0.39, 0.29) is 17.5 Å². The average molecular weight is 434 g/mol. The van der Waals surface area contributed by atoms with Gasteiger partial charge in [-0.2, -0.15) is 0 Å². The summed E-state index contributed by atoms with van der Waals surface area (Å²) in [6.45, 7) is 8.94. The first kappa shape index (κ1) is 23.7. The molecule has 0 fully saturated rings. The number of amides is 1. The van der Waals surface area contributed by atoms with E-state index < -0.39 is 0 Å². The van der Waals surface area contributed by atoms with Crippen LogP contribution >= 0.6 is 0 Å². The van der Waals surface area contributed by atoms with Crippen molar-refractivity contribution in [2.75, 3.05) is 6.54 Å². The molecule has 0 aliphatic carbocycles. The summed E-state index contributed by atoms with van der Waals surface area (Å²) in [5, 5.41) is 0.589. The number of nitrogens with zero attached hydrogens (tertiary/aromatic N) is 3. The summed E-state index contributed by atoms with van der Waals surface area (Å²) in [6.07, 6.45) is 5.20. The Kier molecular flexibility index (Phi) is 8.20. The molecule has 0 saturated heterocycles. The van der Waals surface area contributed by atoms with Gasteiger partial charge in [0.05, 0.1) is 22.6 Å². The van der Waals surface area contributed by atoms with Gasteiger partial charge in [0, 0.05) is 13.0 Å². The van der Waals surface area contributed by atoms with Crippen LogP contribution in [0.2, 0.25) is 0 Å². The second-order valence-corrected chi connectivity index (χ2v) is 8.33. The molecule has 0 unspecified atom stereocenters. The Morgan fingerprint density at radius 2 is 1.72 bits per heavy atom. The maximum Gasteiger partial charge on any atom is 0.266 e. The van der Waals surface area contributed by atoms with Crippen molar-refractivity contribution in [3.8, 4) is 5.69 Å². The van der Waals surface area contributed by atoms with Gasteiger partial charge < -0.3 is 4.90 Å². The lowest BCUT2D eigenvalue weighted by Gasteiger charge is -2.31. The zero-order valence-corrected chi connectivity index (χ0v) is 19.8. The molecule has 3 rings (SSSR count). The zero-order valence-electron chi connectivity index (χ0n) is 19.8. The quantitative estimate of drug-likeness (QED) is 0.378. The van der Waals surface area contributed by atoms with Crippen molar-refractivity contribution in [1.29, 1.82) is 0 Å². The van der Waals surface area contributed by atoms with Crippen LogP contribution in [0.5, 0.6) is 0 Å². The molecule has 0 spiro atoms. The average Bonchev–Trinajstić information content (AvgIpc) is 2.82. The number of carbonyl (C=O) groups excluding carboxylic acids is 1. The molecule has 5 nitrogen and oxygen atoms in total. The molecule has 0 bridgehead atoms. The number of fused-ring (bicyclic) bond motifs is 1. The van der Waals surface area contributed by atoms with E-state index in [9.17, 15) is 9.59 Å². The van der Waals surface area contributed by atoms with Gasteiger partial charge in [-0.25, -0.2) is 4.98 Å². The summed E-state index contributed by atoms with van der Waals surface area (Å²) < 4.78 is 1.73. The number of hydrogen-bond acceptors (Lipinski definition) is 3. The van der Waals surface area contributed by atoms with Crippen LogP contribution in [-0.2, 0) is 11.2 Å². The first-order valence-electron chi connectivity index (χ1n) is 11.9. The molecule has 3 aromatic rings. The van der Waals surface area contributed by atoms with Gasteiger partial charge in [0.15, 0.2) is 0 Å². The minimum atomic E-state index is -0.314. The predicted molar refractivity (Wildman–Crippen MR) is 131 cm³/mol. The van der Waals surface area contributed by atoms with E-state index >= 15 is 0 Å². The molecule has 1 amide bonds. The molecule has 170 valence electrons. The molecular formula is C27H35N3O2. The largest absolute Gasteiger partial charge is 0.333 e. The first-order valence-corrected chi connectivity index (χ1v) is 11.9. The monoisotopic (exact) mass is 433 g/mol.